The number of quaternary nitrogens is 1. The van der Waals surface area contributed by atoms with Gasteiger partial charge in [0, 0.05) is 19.1 Å². The summed E-state index contributed by atoms with van der Waals surface area (Å²) in [6.07, 6.45) is -1.16. The number of halogens is 1. The highest BCUT2D eigenvalue weighted by atomic mass is 19.1. The van der Waals surface area contributed by atoms with Gasteiger partial charge in [0.2, 0.25) is 5.91 Å². The van der Waals surface area contributed by atoms with Gasteiger partial charge in [-0.25, -0.2) is 18.5 Å². The predicted octanol–water partition coefficient (Wildman–Crippen LogP) is 1.15. The molecule has 0 aliphatic carbocycles. The Morgan fingerprint density at radius 2 is 2.11 bits per heavy atom. The topological polar surface area (TPSA) is 95.9 Å². The first-order chi connectivity index (χ1) is 13.3. The first kappa shape index (κ1) is 20.2. The number of aliphatic hydroxyl groups excluding tert-OH is 1. The second kappa shape index (κ2) is 7.84. The summed E-state index contributed by atoms with van der Waals surface area (Å²) in [7, 11) is 0. The van der Waals surface area contributed by atoms with E-state index in [0.29, 0.717) is 18.8 Å². The van der Waals surface area contributed by atoms with E-state index in [1.165, 1.54) is 24.0 Å². The molecule has 9 heteroatoms. The highest BCUT2D eigenvalue weighted by Crippen LogP contribution is 2.38. The molecule has 2 fully saturated rings. The first-order valence-corrected chi connectivity index (χ1v) is 9.31. The van der Waals surface area contributed by atoms with Crippen LogP contribution < -0.4 is 14.7 Å². The summed E-state index contributed by atoms with van der Waals surface area (Å²) in [6.45, 7) is 4.44. The Bertz CT molecular complexity index is 794. The second-order valence-corrected chi connectivity index (χ2v) is 7.49. The third kappa shape index (κ3) is 3.72. The van der Waals surface area contributed by atoms with Gasteiger partial charge in [0.15, 0.2) is 11.5 Å². The molecule has 2 saturated heterocycles. The van der Waals surface area contributed by atoms with Gasteiger partial charge >= 0.3 is 12.0 Å². The van der Waals surface area contributed by atoms with Crippen molar-refractivity contribution in [2.45, 2.75) is 26.4 Å². The summed E-state index contributed by atoms with van der Waals surface area (Å²) >= 11 is 0. The molecule has 152 valence electrons. The van der Waals surface area contributed by atoms with E-state index in [1.807, 2.05) is 6.92 Å². The zero-order valence-electron chi connectivity index (χ0n) is 16.0. The number of carbonyl (C=O) groups excluding carboxylic acids is 3. The molecule has 1 unspecified atom stereocenters. The maximum absolute atomic E-state index is 15.0. The normalized spacial score (nSPS) is 26.6. The fourth-order valence-electron chi connectivity index (χ4n) is 3.96. The van der Waals surface area contributed by atoms with Crippen LogP contribution in [-0.2, 0) is 14.3 Å². The van der Waals surface area contributed by atoms with E-state index in [4.69, 9.17) is 9.84 Å². The lowest BCUT2D eigenvalue weighted by Gasteiger charge is -2.46. The van der Waals surface area contributed by atoms with E-state index in [0.717, 1.165) is 0 Å². The highest BCUT2D eigenvalue weighted by Gasteiger charge is 2.51. The molecule has 1 aromatic carbocycles. The SMILES string of the molecule is CC(=O)NCC1CN(c2ccc([N+]3(C(=O)CCO)CC(C)C3)c(F)c2)C(=O)O1. The molecule has 0 bridgehead atoms. The smallest absolute Gasteiger partial charge is 0.414 e. The van der Waals surface area contributed by atoms with Gasteiger partial charge in [-0.2, -0.15) is 0 Å². The van der Waals surface area contributed by atoms with E-state index in [2.05, 4.69) is 5.32 Å². The Labute approximate surface area is 162 Å². The number of anilines is 1. The number of cyclic esters (lactones) is 1. The number of aliphatic hydroxyl groups is 1. The zero-order chi connectivity index (χ0) is 20.5. The van der Waals surface area contributed by atoms with Crippen molar-refractivity contribution in [2.24, 2.45) is 5.92 Å². The second-order valence-electron chi connectivity index (χ2n) is 7.49. The zero-order valence-corrected chi connectivity index (χ0v) is 16.0. The Hall–Kier alpha value is -2.52. The van der Waals surface area contributed by atoms with Crippen LogP contribution in [0.5, 0.6) is 0 Å². The molecule has 3 rings (SSSR count). The van der Waals surface area contributed by atoms with Crippen LogP contribution in [0.4, 0.5) is 20.6 Å². The molecule has 0 aromatic heterocycles. The minimum Gasteiger partial charge on any atom is -0.442 e. The van der Waals surface area contributed by atoms with Crippen LogP contribution in [0.1, 0.15) is 20.3 Å². The van der Waals surface area contributed by atoms with Crippen molar-refractivity contribution in [3.63, 3.8) is 0 Å². The predicted molar refractivity (Wildman–Crippen MR) is 100 cm³/mol. The summed E-state index contributed by atoms with van der Waals surface area (Å²) in [5.74, 6) is -0.739. The molecule has 2 heterocycles. The van der Waals surface area contributed by atoms with Crippen molar-refractivity contribution in [1.82, 2.24) is 9.80 Å². The van der Waals surface area contributed by atoms with Crippen LogP contribution in [0.2, 0.25) is 0 Å². The summed E-state index contributed by atoms with van der Waals surface area (Å²) in [5, 5.41) is 11.7. The van der Waals surface area contributed by atoms with Crippen molar-refractivity contribution in [1.29, 1.82) is 0 Å². The number of likely N-dealkylation sites (tertiary alicyclic amines) is 1. The molecular formula is C19H25FN3O5+. The molecule has 0 saturated carbocycles. The summed E-state index contributed by atoms with van der Waals surface area (Å²) < 4.78 is 20.0. The van der Waals surface area contributed by atoms with Gasteiger partial charge < -0.3 is 15.2 Å². The van der Waals surface area contributed by atoms with Gasteiger partial charge in [0.1, 0.15) is 6.10 Å². The van der Waals surface area contributed by atoms with Crippen molar-refractivity contribution >= 4 is 29.3 Å². The molecule has 0 radical (unpaired) electrons. The summed E-state index contributed by atoms with van der Waals surface area (Å²) in [6, 6.07) is 4.35. The number of hydrogen-bond donors (Lipinski definition) is 2. The average molecular weight is 394 g/mol. The third-order valence-corrected chi connectivity index (χ3v) is 5.21. The van der Waals surface area contributed by atoms with Gasteiger partial charge in [-0.15, -0.1) is 0 Å². The number of nitrogens with zero attached hydrogens (tertiary/aromatic N) is 2. The van der Waals surface area contributed by atoms with Crippen molar-refractivity contribution in [3.8, 4) is 0 Å². The van der Waals surface area contributed by atoms with Crippen LogP contribution in [0.15, 0.2) is 18.2 Å². The van der Waals surface area contributed by atoms with Gasteiger partial charge in [0.25, 0.3) is 0 Å². The Morgan fingerprint density at radius 3 is 2.68 bits per heavy atom. The number of benzene rings is 1. The number of hydrogen-bond acceptors (Lipinski definition) is 5. The van der Waals surface area contributed by atoms with Gasteiger partial charge in [-0.1, -0.05) is 6.92 Å². The van der Waals surface area contributed by atoms with Gasteiger partial charge in [-0.3, -0.25) is 9.69 Å². The van der Waals surface area contributed by atoms with Crippen molar-refractivity contribution < 1.29 is 28.6 Å². The monoisotopic (exact) mass is 394 g/mol. The summed E-state index contributed by atoms with van der Waals surface area (Å²) in [5.41, 5.74) is 0.584. The minimum atomic E-state index is -0.611. The number of nitrogens with one attached hydrogen (secondary N) is 1. The quantitative estimate of drug-likeness (QED) is 0.706. The molecule has 2 aliphatic heterocycles. The van der Waals surface area contributed by atoms with E-state index in [9.17, 15) is 18.8 Å². The van der Waals surface area contributed by atoms with Crippen molar-refractivity contribution in [2.75, 3.05) is 37.7 Å². The standard InChI is InChI=1S/C19H24FN3O5/c1-12-10-23(11-12,18(26)5-6-24)17-4-3-14(7-16(17)20)22-9-15(28-19(22)27)8-21-13(2)25/h3-4,7,12,15,24H,5-6,8-11H2,1-2H3/p+1. The van der Waals surface area contributed by atoms with Gasteiger partial charge in [0.05, 0.1) is 50.8 Å². The fourth-order valence-corrected chi connectivity index (χ4v) is 3.96. The van der Waals surface area contributed by atoms with Crippen LogP contribution in [0.25, 0.3) is 0 Å². The molecule has 0 spiro atoms. The van der Waals surface area contributed by atoms with E-state index in [1.54, 1.807) is 6.07 Å². The molecule has 2 aliphatic rings. The lowest BCUT2D eigenvalue weighted by atomic mass is 9.94. The molecule has 1 atom stereocenters. The Morgan fingerprint density at radius 1 is 1.39 bits per heavy atom. The number of ether oxygens (including phenoxy) is 1. The summed E-state index contributed by atoms with van der Waals surface area (Å²) in [4.78, 5) is 37.0. The van der Waals surface area contributed by atoms with Crippen LogP contribution in [-0.4, -0.2) is 61.9 Å². The minimum absolute atomic E-state index is 0.0306. The first-order valence-electron chi connectivity index (χ1n) is 9.31. The van der Waals surface area contributed by atoms with Crippen molar-refractivity contribution in [3.05, 3.63) is 24.0 Å². The fraction of sp³-hybridized carbons (Fsp3) is 0.526. The lowest BCUT2D eigenvalue weighted by Crippen LogP contribution is -2.68. The van der Waals surface area contributed by atoms with Crippen LogP contribution in [0.3, 0.4) is 0 Å². The number of rotatable bonds is 6. The van der Waals surface area contributed by atoms with Crippen LogP contribution >= 0.6 is 0 Å². The molecule has 8 nitrogen and oxygen atoms in total. The van der Waals surface area contributed by atoms with E-state index < -0.39 is 18.0 Å². The molecule has 3 amide bonds. The maximum Gasteiger partial charge on any atom is 0.414 e. The maximum atomic E-state index is 15.0. The lowest BCUT2D eigenvalue weighted by molar-refractivity contribution is -0.136. The Kier molecular flexibility index (Phi) is 5.66. The number of amides is 3. The average Bonchev–Trinajstić information content (AvgIpc) is 2.98. The van der Waals surface area contributed by atoms with Gasteiger partial charge in [-0.05, 0) is 6.07 Å². The number of carbonyl (C=O) groups is 3. The molecule has 1 aromatic rings. The highest BCUT2D eigenvalue weighted by molar-refractivity contribution is 5.92. The third-order valence-electron chi connectivity index (χ3n) is 5.21. The van der Waals surface area contributed by atoms with E-state index in [-0.39, 0.29) is 54.0 Å². The molecular weight excluding hydrogens is 369 g/mol. The molecule has 2 N–H and O–H groups in total. The van der Waals surface area contributed by atoms with E-state index >= 15 is 0 Å². The largest absolute Gasteiger partial charge is 0.442 e. The molecule has 28 heavy (non-hydrogen) atoms. The Balaban J connectivity index is 1.80. The van der Waals surface area contributed by atoms with Crippen LogP contribution in [0, 0.1) is 11.7 Å².